The molecule has 0 heterocycles. The first-order chi connectivity index (χ1) is 8.89. The second kappa shape index (κ2) is 6.91. The lowest BCUT2D eigenvalue weighted by atomic mass is 10.1. The first-order valence-electron chi connectivity index (χ1n) is 5.86. The molecule has 5 nitrogen and oxygen atoms in total. The van der Waals surface area contributed by atoms with Crippen LogP contribution in [0.1, 0.15) is 30.6 Å². The monoisotopic (exact) mass is 348 g/mol. The second-order valence-corrected chi connectivity index (χ2v) is 7.18. The predicted octanol–water partition coefficient (Wildman–Crippen LogP) is 2.31. The minimum atomic E-state index is -3.48. The number of alkyl halides is 1. The van der Waals surface area contributed by atoms with Crippen molar-refractivity contribution in [3.8, 4) is 0 Å². The third kappa shape index (κ3) is 4.83. The number of sulfonamides is 1. The number of anilines is 1. The third-order valence-electron chi connectivity index (χ3n) is 2.57. The van der Waals surface area contributed by atoms with Gasteiger partial charge in [0.25, 0.3) is 5.91 Å². The van der Waals surface area contributed by atoms with Crippen molar-refractivity contribution in [3.63, 3.8) is 0 Å². The Balaban J connectivity index is 2.99. The van der Waals surface area contributed by atoms with Gasteiger partial charge >= 0.3 is 0 Å². The number of carbonyl (C=O) groups is 1. The van der Waals surface area contributed by atoms with Gasteiger partial charge in [-0.05, 0) is 25.5 Å². The van der Waals surface area contributed by atoms with Gasteiger partial charge in [0.1, 0.15) is 4.66 Å². The molecule has 2 N–H and O–H groups in total. The fourth-order valence-electron chi connectivity index (χ4n) is 1.37. The van der Waals surface area contributed by atoms with Crippen LogP contribution in [0.5, 0.6) is 0 Å². The lowest BCUT2D eigenvalue weighted by molar-refractivity contribution is 0.0940. The van der Waals surface area contributed by atoms with Crippen LogP contribution in [-0.4, -0.2) is 25.0 Å². The van der Waals surface area contributed by atoms with E-state index in [1.807, 2.05) is 13.8 Å². The van der Waals surface area contributed by atoms with Crippen LogP contribution >= 0.6 is 15.9 Å². The number of hydrogen-bond donors (Lipinski definition) is 2. The van der Waals surface area contributed by atoms with Gasteiger partial charge in [0, 0.05) is 6.04 Å². The molecule has 7 heteroatoms. The van der Waals surface area contributed by atoms with Gasteiger partial charge in [0.05, 0.1) is 11.3 Å². The second-order valence-electron chi connectivity index (χ2n) is 4.15. The van der Waals surface area contributed by atoms with Crippen molar-refractivity contribution in [1.82, 2.24) is 5.32 Å². The number of rotatable bonds is 6. The van der Waals surface area contributed by atoms with Crippen molar-refractivity contribution in [2.75, 3.05) is 9.38 Å². The quantitative estimate of drug-likeness (QED) is 0.774. The summed E-state index contributed by atoms with van der Waals surface area (Å²) in [7, 11) is -3.48. The molecular weight excluding hydrogens is 332 g/mol. The Bertz CT molecular complexity index is 546. The average Bonchev–Trinajstić information content (AvgIpc) is 2.38. The lowest BCUT2D eigenvalue weighted by Crippen LogP contribution is -2.32. The zero-order valence-electron chi connectivity index (χ0n) is 10.8. The lowest BCUT2D eigenvalue weighted by Gasteiger charge is -2.14. The van der Waals surface area contributed by atoms with Gasteiger partial charge in [-0.15, -0.1) is 0 Å². The summed E-state index contributed by atoms with van der Waals surface area (Å²) in [5, 5.41) is 2.80. The van der Waals surface area contributed by atoms with Crippen LogP contribution in [0, 0.1) is 0 Å². The molecule has 0 aliphatic rings. The molecule has 0 radical (unpaired) electrons. The molecular formula is C12H17BrN2O3S. The molecule has 1 atom stereocenters. The largest absolute Gasteiger partial charge is 0.350 e. The summed E-state index contributed by atoms with van der Waals surface area (Å²) < 4.78 is 25.2. The fourth-order valence-corrected chi connectivity index (χ4v) is 2.28. The number of nitrogens with one attached hydrogen (secondary N) is 2. The van der Waals surface area contributed by atoms with Gasteiger partial charge in [0.2, 0.25) is 10.0 Å². The predicted molar refractivity (Wildman–Crippen MR) is 80.0 cm³/mol. The van der Waals surface area contributed by atoms with Crippen molar-refractivity contribution in [3.05, 3.63) is 29.8 Å². The Hall–Kier alpha value is -1.08. The maximum absolute atomic E-state index is 12.1. The minimum absolute atomic E-state index is 0.0355. The molecule has 1 amide bonds. The molecule has 0 saturated heterocycles. The Morgan fingerprint density at radius 1 is 1.37 bits per heavy atom. The zero-order valence-corrected chi connectivity index (χ0v) is 13.2. The van der Waals surface area contributed by atoms with Gasteiger partial charge < -0.3 is 5.32 Å². The highest BCUT2D eigenvalue weighted by Crippen LogP contribution is 2.17. The Kier molecular flexibility index (Phi) is 5.81. The maximum atomic E-state index is 12.1. The van der Waals surface area contributed by atoms with Crippen LogP contribution in [0.15, 0.2) is 24.3 Å². The molecule has 0 bridgehead atoms. The molecule has 0 aliphatic heterocycles. The van der Waals surface area contributed by atoms with Gasteiger partial charge in [-0.2, -0.15) is 0 Å². The van der Waals surface area contributed by atoms with Crippen molar-refractivity contribution >= 4 is 37.5 Å². The van der Waals surface area contributed by atoms with Crippen molar-refractivity contribution in [2.24, 2.45) is 0 Å². The summed E-state index contributed by atoms with van der Waals surface area (Å²) >= 11 is 2.89. The van der Waals surface area contributed by atoms with E-state index in [9.17, 15) is 13.2 Å². The molecule has 0 fully saturated rings. The van der Waals surface area contributed by atoms with Gasteiger partial charge in [-0.1, -0.05) is 35.0 Å². The van der Waals surface area contributed by atoms with E-state index in [1.165, 1.54) is 0 Å². The van der Waals surface area contributed by atoms with E-state index in [0.29, 0.717) is 5.56 Å². The number of amides is 1. The van der Waals surface area contributed by atoms with E-state index in [0.717, 1.165) is 6.42 Å². The molecule has 0 aliphatic carbocycles. The smallest absolute Gasteiger partial charge is 0.253 e. The summed E-state index contributed by atoms with van der Waals surface area (Å²) in [5.74, 6) is -0.290. The Morgan fingerprint density at radius 2 is 2.00 bits per heavy atom. The first-order valence-corrected chi connectivity index (χ1v) is 8.63. The highest BCUT2D eigenvalue weighted by Gasteiger charge is 2.16. The number of hydrogen-bond acceptors (Lipinski definition) is 3. The van der Waals surface area contributed by atoms with E-state index in [4.69, 9.17) is 0 Å². The SMILES string of the molecule is CCC(C)NC(=O)c1ccccc1NS(=O)(=O)CBr. The number of carbonyl (C=O) groups excluding carboxylic acids is 1. The summed E-state index contributed by atoms with van der Waals surface area (Å²) in [5.41, 5.74) is 0.593. The van der Waals surface area contributed by atoms with E-state index >= 15 is 0 Å². The summed E-state index contributed by atoms with van der Waals surface area (Å²) in [6, 6.07) is 6.55. The molecule has 1 rings (SSSR count). The molecule has 1 aromatic rings. The van der Waals surface area contributed by atoms with E-state index in [1.54, 1.807) is 24.3 Å². The van der Waals surface area contributed by atoms with E-state index in [2.05, 4.69) is 26.0 Å². The fraction of sp³-hybridized carbons (Fsp3) is 0.417. The van der Waals surface area contributed by atoms with E-state index < -0.39 is 10.0 Å². The summed E-state index contributed by atoms with van der Waals surface area (Å²) in [6.07, 6.45) is 0.807. The summed E-state index contributed by atoms with van der Waals surface area (Å²) in [6.45, 7) is 3.85. The zero-order chi connectivity index (χ0) is 14.5. The minimum Gasteiger partial charge on any atom is -0.350 e. The standard InChI is InChI=1S/C12H17BrN2O3S/c1-3-9(2)14-12(16)10-6-4-5-7-11(10)15-19(17,18)8-13/h4-7,9,15H,3,8H2,1-2H3,(H,14,16). The van der Waals surface area contributed by atoms with Gasteiger partial charge in [-0.3, -0.25) is 9.52 Å². The van der Waals surface area contributed by atoms with Crippen LogP contribution in [0.4, 0.5) is 5.69 Å². The molecule has 0 spiro atoms. The number of benzene rings is 1. The Morgan fingerprint density at radius 3 is 2.58 bits per heavy atom. The van der Waals surface area contributed by atoms with Gasteiger partial charge in [0.15, 0.2) is 0 Å². The molecule has 19 heavy (non-hydrogen) atoms. The van der Waals surface area contributed by atoms with E-state index in [-0.39, 0.29) is 22.3 Å². The van der Waals surface area contributed by atoms with Crippen molar-refractivity contribution < 1.29 is 13.2 Å². The Labute approximate surface area is 122 Å². The number of para-hydroxylation sites is 1. The molecule has 0 saturated carbocycles. The highest BCUT2D eigenvalue weighted by atomic mass is 79.9. The first kappa shape index (κ1) is 16.0. The normalized spacial score (nSPS) is 12.8. The maximum Gasteiger partial charge on any atom is 0.253 e. The van der Waals surface area contributed by atoms with Crippen LogP contribution in [0.2, 0.25) is 0 Å². The topological polar surface area (TPSA) is 75.3 Å². The molecule has 1 unspecified atom stereocenters. The van der Waals surface area contributed by atoms with Gasteiger partial charge in [-0.25, -0.2) is 8.42 Å². The van der Waals surface area contributed by atoms with Crippen molar-refractivity contribution in [1.29, 1.82) is 0 Å². The van der Waals surface area contributed by atoms with Crippen LogP contribution < -0.4 is 10.0 Å². The molecule has 0 aromatic heterocycles. The third-order valence-corrected chi connectivity index (χ3v) is 5.20. The van der Waals surface area contributed by atoms with Crippen LogP contribution in [-0.2, 0) is 10.0 Å². The average molecular weight is 349 g/mol. The highest BCUT2D eigenvalue weighted by molar-refractivity contribution is 9.10. The van der Waals surface area contributed by atoms with Crippen LogP contribution in [0.3, 0.4) is 0 Å². The number of halogens is 1. The summed E-state index contributed by atoms with van der Waals surface area (Å²) in [4.78, 5) is 12.1. The van der Waals surface area contributed by atoms with Crippen LogP contribution in [0.25, 0.3) is 0 Å². The van der Waals surface area contributed by atoms with Crippen molar-refractivity contribution in [2.45, 2.75) is 26.3 Å². The molecule has 1 aromatic carbocycles. The molecule has 106 valence electrons.